The van der Waals surface area contributed by atoms with E-state index in [0.29, 0.717) is 11.3 Å². The lowest BCUT2D eigenvalue weighted by molar-refractivity contribution is -0.158. The van der Waals surface area contributed by atoms with Crippen molar-refractivity contribution in [1.29, 1.82) is 0 Å². The number of ether oxygens (including phenoxy) is 2. The number of aryl methyl sites for hydroxylation is 1. The van der Waals surface area contributed by atoms with E-state index >= 15 is 0 Å². The standard InChI is InChI=1S/C18H22O4S/c1-12-5-8-14(9-6-12)23(20)18(16(19)22-17(2,3)4)11-13-7-10-15(18)21-13/h5-10,13,15H,11H2,1-4H3/t13-,15+,18-,23-/m0/s1. The second kappa shape index (κ2) is 5.56. The number of esters is 1. The zero-order chi connectivity index (χ0) is 16.8. The van der Waals surface area contributed by atoms with Crippen molar-refractivity contribution in [3.63, 3.8) is 0 Å². The van der Waals surface area contributed by atoms with Gasteiger partial charge in [0, 0.05) is 11.3 Å². The predicted octanol–water partition coefficient (Wildman–Crippen LogP) is 2.91. The third kappa shape index (κ3) is 2.88. The molecule has 0 saturated carbocycles. The van der Waals surface area contributed by atoms with E-state index < -0.39 is 33.2 Å². The largest absolute Gasteiger partial charge is 0.459 e. The molecular weight excluding hydrogens is 312 g/mol. The topological polar surface area (TPSA) is 52.6 Å². The third-order valence-corrected chi connectivity index (χ3v) is 6.02. The van der Waals surface area contributed by atoms with Gasteiger partial charge in [-0.3, -0.25) is 9.00 Å². The molecule has 2 heterocycles. The first kappa shape index (κ1) is 16.4. The molecule has 0 N–H and O–H groups in total. The highest BCUT2D eigenvalue weighted by atomic mass is 32.2. The summed E-state index contributed by atoms with van der Waals surface area (Å²) >= 11 is 0. The molecule has 0 aromatic heterocycles. The predicted molar refractivity (Wildman–Crippen MR) is 88.6 cm³/mol. The molecule has 4 nitrogen and oxygen atoms in total. The van der Waals surface area contributed by atoms with Gasteiger partial charge in [0.05, 0.1) is 16.9 Å². The van der Waals surface area contributed by atoms with E-state index in [-0.39, 0.29) is 6.10 Å². The Kier molecular flexibility index (Phi) is 3.97. The molecule has 1 fully saturated rings. The summed E-state index contributed by atoms with van der Waals surface area (Å²) in [6, 6.07) is 7.43. The Morgan fingerprint density at radius 1 is 1.26 bits per heavy atom. The Bertz CT molecular complexity index is 671. The quantitative estimate of drug-likeness (QED) is 0.630. The zero-order valence-electron chi connectivity index (χ0n) is 13.9. The molecule has 1 aromatic rings. The van der Waals surface area contributed by atoms with Crippen LogP contribution in [-0.4, -0.2) is 32.7 Å². The normalized spacial score (nSPS) is 30.4. The van der Waals surface area contributed by atoms with E-state index in [1.807, 2.05) is 64.1 Å². The summed E-state index contributed by atoms with van der Waals surface area (Å²) in [4.78, 5) is 13.6. The molecule has 1 aromatic carbocycles. The number of benzene rings is 1. The fraction of sp³-hybridized carbons (Fsp3) is 0.500. The minimum Gasteiger partial charge on any atom is -0.459 e. The SMILES string of the molecule is Cc1ccc([S@](=O)[C@@]2(C(=O)OC(C)(C)C)C[C@@H]3C=C[C@H]2O3)cc1. The molecule has 0 amide bonds. The molecule has 2 aliphatic heterocycles. The molecule has 1 saturated heterocycles. The summed E-state index contributed by atoms with van der Waals surface area (Å²) in [5, 5.41) is 0. The number of hydrogen-bond donors (Lipinski definition) is 0. The molecule has 2 aliphatic rings. The minimum atomic E-state index is -1.54. The smallest absolute Gasteiger partial charge is 0.328 e. The molecule has 23 heavy (non-hydrogen) atoms. The van der Waals surface area contributed by atoms with Crippen LogP contribution in [0.4, 0.5) is 0 Å². The summed E-state index contributed by atoms with van der Waals surface area (Å²) in [7, 11) is -1.54. The van der Waals surface area contributed by atoms with E-state index in [0.717, 1.165) is 5.56 Å². The second-order valence-corrected chi connectivity index (χ2v) is 8.89. The fourth-order valence-electron chi connectivity index (χ4n) is 2.99. The van der Waals surface area contributed by atoms with Crippen LogP contribution in [0, 0.1) is 6.92 Å². The van der Waals surface area contributed by atoms with Crippen LogP contribution in [0.2, 0.25) is 0 Å². The Hall–Kier alpha value is -1.46. The van der Waals surface area contributed by atoms with Crippen LogP contribution in [0.1, 0.15) is 32.8 Å². The van der Waals surface area contributed by atoms with Gasteiger partial charge in [-0.15, -0.1) is 0 Å². The number of hydrogen-bond acceptors (Lipinski definition) is 4. The first-order valence-corrected chi connectivity index (χ1v) is 8.93. The van der Waals surface area contributed by atoms with Gasteiger partial charge in [0.25, 0.3) is 0 Å². The van der Waals surface area contributed by atoms with Gasteiger partial charge < -0.3 is 9.47 Å². The van der Waals surface area contributed by atoms with Crippen LogP contribution in [-0.2, 0) is 25.1 Å². The highest BCUT2D eigenvalue weighted by Gasteiger charge is 2.61. The first-order valence-electron chi connectivity index (χ1n) is 7.78. The molecule has 0 radical (unpaired) electrons. The summed E-state index contributed by atoms with van der Waals surface area (Å²) in [6.07, 6.45) is 3.50. The van der Waals surface area contributed by atoms with Crippen molar-refractivity contribution in [2.75, 3.05) is 0 Å². The van der Waals surface area contributed by atoms with Gasteiger partial charge in [-0.2, -0.15) is 0 Å². The van der Waals surface area contributed by atoms with Crippen LogP contribution in [0.5, 0.6) is 0 Å². The van der Waals surface area contributed by atoms with Crippen LogP contribution < -0.4 is 0 Å². The van der Waals surface area contributed by atoms with Crippen molar-refractivity contribution in [2.24, 2.45) is 0 Å². The second-order valence-electron chi connectivity index (χ2n) is 7.16. The van der Waals surface area contributed by atoms with Crippen molar-refractivity contribution in [3.05, 3.63) is 42.0 Å². The Morgan fingerprint density at radius 3 is 2.39 bits per heavy atom. The minimum absolute atomic E-state index is 0.165. The summed E-state index contributed by atoms with van der Waals surface area (Å²) in [5.41, 5.74) is 0.453. The van der Waals surface area contributed by atoms with Crippen LogP contribution in [0.25, 0.3) is 0 Å². The number of carbonyl (C=O) groups excluding carboxylic acids is 1. The van der Waals surface area contributed by atoms with Crippen molar-refractivity contribution in [1.82, 2.24) is 0 Å². The zero-order valence-corrected chi connectivity index (χ0v) is 14.7. The molecule has 4 atom stereocenters. The maximum Gasteiger partial charge on any atom is 0.328 e. The maximum atomic E-state index is 13.3. The van der Waals surface area contributed by atoms with Gasteiger partial charge in [-0.1, -0.05) is 29.8 Å². The highest BCUT2D eigenvalue weighted by Crippen LogP contribution is 2.44. The van der Waals surface area contributed by atoms with E-state index in [4.69, 9.17) is 9.47 Å². The lowest BCUT2D eigenvalue weighted by atomic mass is 9.93. The monoisotopic (exact) mass is 334 g/mol. The van der Waals surface area contributed by atoms with Gasteiger partial charge >= 0.3 is 5.97 Å². The highest BCUT2D eigenvalue weighted by molar-refractivity contribution is 7.87. The van der Waals surface area contributed by atoms with Gasteiger partial charge in [0.1, 0.15) is 11.7 Å². The van der Waals surface area contributed by atoms with Crippen LogP contribution >= 0.6 is 0 Å². The molecule has 0 unspecified atom stereocenters. The molecule has 5 heteroatoms. The van der Waals surface area contributed by atoms with Crippen molar-refractivity contribution >= 4 is 16.8 Å². The van der Waals surface area contributed by atoms with Crippen molar-refractivity contribution in [3.8, 4) is 0 Å². The van der Waals surface area contributed by atoms with Gasteiger partial charge in [-0.05, 0) is 39.8 Å². The average Bonchev–Trinajstić information content (AvgIpc) is 3.06. The lowest BCUT2D eigenvalue weighted by Gasteiger charge is -2.33. The molecule has 3 rings (SSSR count). The molecular formula is C18H22O4S. The Balaban J connectivity index is 2.00. The van der Waals surface area contributed by atoms with E-state index in [2.05, 4.69) is 0 Å². The van der Waals surface area contributed by atoms with Gasteiger partial charge in [0.2, 0.25) is 0 Å². The van der Waals surface area contributed by atoms with E-state index in [1.54, 1.807) is 0 Å². The maximum absolute atomic E-state index is 13.3. The van der Waals surface area contributed by atoms with Crippen LogP contribution in [0.15, 0.2) is 41.3 Å². The third-order valence-electron chi connectivity index (χ3n) is 4.10. The molecule has 0 aliphatic carbocycles. The number of carbonyl (C=O) groups is 1. The van der Waals surface area contributed by atoms with Gasteiger partial charge in [-0.25, -0.2) is 0 Å². The summed E-state index contributed by atoms with van der Waals surface area (Å²) in [5.74, 6) is -0.444. The number of rotatable bonds is 3. The lowest BCUT2D eigenvalue weighted by Crippen LogP contribution is -2.52. The Labute approximate surface area is 139 Å². The van der Waals surface area contributed by atoms with Crippen molar-refractivity contribution < 1.29 is 18.5 Å². The summed E-state index contributed by atoms with van der Waals surface area (Å²) < 4.78 is 23.5. The average molecular weight is 334 g/mol. The molecule has 124 valence electrons. The number of fused-ring (bicyclic) bond motifs is 2. The molecule has 2 bridgehead atoms. The van der Waals surface area contributed by atoms with E-state index in [9.17, 15) is 9.00 Å². The Morgan fingerprint density at radius 2 is 1.91 bits per heavy atom. The molecule has 0 spiro atoms. The van der Waals surface area contributed by atoms with Crippen LogP contribution in [0.3, 0.4) is 0 Å². The first-order chi connectivity index (χ1) is 10.7. The van der Waals surface area contributed by atoms with E-state index in [1.165, 1.54) is 0 Å². The van der Waals surface area contributed by atoms with Crippen molar-refractivity contribution in [2.45, 2.75) is 61.6 Å². The fourth-order valence-corrected chi connectivity index (χ4v) is 4.65. The van der Waals surface area contributed by atoms with Gasteiger partial charge in [0.15, 0.2) is 4.75 Å². The summed E-state index contributed by atoms with van der Waals surface area (Å²) in [6.45, 7) is 7.42.